The van der Waals surface area contributed by atoms with Gasteiger partial charge in [0.25, 0.3) is 0 Å². The third kappa shape index (κ3) is 5.19. The summed E-state index contributed by atoms with van der Waals surface area (Å²) in [5, 5.41) is 2.26. The van der Waals surface area contributed by atoms with Crippen molar-refractivity contribution in [3.8, 4) is 0 Å². The fraction of sp³-hybridized carbons (Fsp3) is 0.154. The van der Waals surface area contributed by atoms with Gasteiger partial charge in [-0.05, 0) is 18.0 Å². The van der Waals surface area contributed by atoms with Crippen LogP contribution in [-0.2, 0) is 30.7 Å². The molecule has 128 valence electrons. The Hall–Kier alpha value is -0.622. The minimum absolute atomic E-state index is 0. The van der Waals surface area contributed by atoms with Crippen LogP contribution < -0.4 is 9.62 Å². The van der Waals surface area contributed by atoms with Crippen LogP contribution in [0.15, 0.2) is 21.9 Å². The minimum Gasteiger partial charge on any atom is -0.430 e. The Labute approximate surface area is 170 Å². The van der Waals surface area contributed by atoms with E-state index in [9.17, 15) is 4.39 Å². The molecule has 24 heavy (non-hydrogen) atoms. The molecular weight excluding hydrogens is 568 g/mol. The van der Waals surface area contributed by atoms with Gasteiger partial charge >= 0.3 is 6.15 Å². The molecule has 0 spiro atoms. The van der Waals surface area contributed by atoms with E-state index < -0.39 is 5.82 Å². The van der Waals surface area contributed by atoms with Crippen LogP contribution >= 0.6 is 46.5 Å². The number of carbonyl (C=O) groups excluding carboxylic acids is 2. The molecular formula is C13H9Cl2FN3O2S2W-. The molecule has 0 unspecified atom stereocenters. The summed E-state index contributed by atoms with van der Waals surface area (Å²) in [4.78, 5) is 22.5. The van der Waals surface area contributed by atoms with Gasteiger partial charge in [-0.2, -0.15) is 9.59 Å². The van der Waals surface area contributed by atoms with Crippen molar-refractivity contribution in [2.45, 2.75) is 4.90 Å². The maximum Gasteiger partial charge on any atom is 0.373 e. The van der Waals surface area contributed by atoms with Gasteiger partial charge in [0, 0.05) is 26.4 Å². The summed E-state index contributed by atoms with van der Waals surface area (Å²) in [6.45, 7) is 1.53. The summed E-state index contributed by atoms with van der Waals surface area (Å²) >= 11 is 14.8. The molecule has 2 heterocycles. The zero-order valence-corrected chi connectivity index (χ0v) is 17.9. The normalized spacial score (nSPS) is 12.2. The molecule has 0 bridgehead atoms. The molecule has 3 rings (SSSR count). The van der Waals surface area contributed by atoms with Gasteiger partial charge < -0.3 is 9.62 Å². The van der Waals surface area contributed by atoms with E-state index in [1.807, 2.05) is 10.3 Å². The maximum absolute atomic E-state index is 14.3. The van der Waals surface area contributed by atoms with Gasteiger partial charge in [0.1, 0.15) is 10.8 Å². The van der Waals surface area contributed by atoms with E-state index in [0.29, 0.717) is 16.5 Å². The predicted octanol–water partition coefficient (Wildman–Crippen LogP) is 4.15. The van der Waals surface area contributed by atoms with Gasteiger partial charge in [-0.15, -0.1) is 24.4 Å². The molecule has 1 saturated heterocycles. The molecule has 0 saturated carbocycles. The van der Waals surface area contributed by atoms with Gasteiger partial charge in [0.2, 0.25) is 0 Å². The number of halogens is 3. The van der Waals surface area contributed by atoms with Crippen LogP contribution in [0.4, 0.5) is 15.9 Å². The van der Waals surface area contributed by atoms with E-state index in [-0.39, 0.29) is 37.1 Å². The quantitative estimate of drug-likeness (QED) is 0.335. The first kappa shape index (κ1) is 21.4. The summed E-state index contributed by atoms with van der Waals surface area (Å²) in [5.41, 5.74) is 2.33. The van der Waals surface area contributed by atoms with E-state index in [4.69, 9.17) is 32.8 Å². The number of hydrogen-bond donors (Lipinski definition) is 1. The number of thiazole rings is 1. The Balaban J connectivity index is 0.000000671. The van der Waals surface area contributed by atoms with Crippen molar-refractivity contribution >= 4 is 64.1 Å². The van der Waals surface area contributed by atoms with Crippen LogP contribution in [0.25, 0.3) is 0 Å². The number of nitrogens with zero attached hydrogens (tertiary/aromatic N) is 2. The van der Waals surface area contributed by atoms with Crippen LogP contribution in [0.2, 0.25) is 10.0 Å². The number of nitrogens with one attached hydrogen (secondary N) is 1. The molecule has 1 fully saturated rings. The van der Waals surface area contributed by atoms with E-state index >= 15 is 0 Å². The summed E-state index contributed by atoms with van der Waals surface area (Å²) in [7, 11) is 0. The Morgan fingerprint density at radius 3 is 2.58 bits per heavy atom. The van der Waals surface area contributed by atoms with Crippen LogP contribution in [0.5, 0.6) is 0 Å². The smallest absolute Gasteiger partial charge is 0.373 e. The second kappa shape index (κ2) is 10.4. The van der Waals surface area contributed by atoms with Crippen LogP contribution in [0.3, 0.4) is 0 Å². The van der Waals surface area contributed by atoms with Crippen molar-refractivity contribution in [1.29, 1.82) is 0 Å². The van der Waals surface area contributed by atoms with Crippen molar-refractivity contribution in [3.05, 3.63) is 39.2 Å². The Bertz CT molecular complexity index is 712. The molecule has 0 amide bonds. The number of anilines is 2. The third-order valence-electron chi connectivity index (χ3n) is 2.83. The predicted molar refractivity (Wildman–Crippen MR) is 89.5 cm³/mol. The summed E-state index contributed by atoms with van der Waals surface area (Å²) in [5.74, 6) is 0.154. The van der Waals surface area contributed by atoms with Gasteiger partial charge in [-0.1, -0.05) is 23.2 Å². The zero-order chi connectivity index (χ0) is 16.8. The summed E-state index contributed by atoms with van der Waals surface area (Å²) < 4.78 is 17.3. The third-order valence-corrected chi connectivity index (χ3v) is 5.10. The van der Waals surface area contributed by atoms with Crippen LogP contribution in [0.1, 0.15) is 0 Å². The van der Waals surface area contributed by atoms with Gasteiger partial charge in [-0.25, -0.2) is 9.37 Å². The number of aromatic nitrogens is 1. The molecule has 1 N–H and O–H groups in total. The SMILES string of the molecule is Fc1c(Cl)c(N2C[CH-]C2)cc(Cl)c1SNc1cscn1.O=C=O.[W]. The van der Waals surface area contributed by atoms with Crippen molar-refractivity contribution in [2.24, 2.45) is 0 Å². The van der Waals surface area contributed by atoms with Crippen molar-refractivity contribution < 1.29 is 35.0 Å². The van der Waals surface area contributed by atoms with Gasteiger partial charge in [0.05, 0.1) is 21.1 Å². The van der Waals surface area contributed by atoms with Crippen molar-refractivity contribution in [1.82, 2.24) is 4.98 Å². The number of benzene rings is 1. The fourth-order valence-electron chi connectivity index (χ4n) is 1.71. The first-order chi connectivity index (χ1) is 11.1. The molecule has 0 aliphatic carbocycles. The first-order valence-electron chi connectivity index (χ1n) is 6.13. The molecule has 1 aromatic carbocycles. The molecule has 5 nitrogen and oxygen atoms in total. The number of hydrogen-bond acceptors (Lipinski definition) is 7. The van der Waals surface area contributed by atoms with Crippen molar-refractivity contribution in [3.63, 3.8) is 0 Å². The van der Waals surface area contributed by atoms with Crippen LogP contribution in [-0.4, -0.2) is 24.2 Å². The molecule has 0 atom stereocenters. The van der Waals surface area contributed by atoms with E-state index in [1.165, 1.54) is 11.3 Å². The Kier molecular flexibility index (Phi) is 9.27. The molecule has 0 radical (unpaired) electrons. The second-order valence-corrected chi connectivity index (χ2v) is 6.51. The van der Waals surface area contributed by atoms with E-state index in [1.54, 1.807) is 11.6 Å². The fourth-order valence-corrected chi connectivity index (χ4v) is 3.56. The average molecular weight is 577 g/mol. The van der Waals surface area contributed by atoms with E-state index in [0.717, 1.165) is 25.0 Å². The van der Waals surface area contributed by atoms with Gasteiger partial charge in [0.15, 0.2) is 5.82 Å². The van der Waals surface area contributed by atoms with E-state index in [2.05, 4.69) is 16.1 Å². The second-order valence-electron chi connectivity index (χ2n) is 4.19. The molecule has 1 aliphatic heterocycles. The monoisotopic (exact) mass is 576 g/mol. The minimum atomic E-state index is -0.506. The molecule has 1 aliphatic rings. The standard InChI is InChI=1S/C12H9Cl2FN3S2.CO2.W/c13-7-4-8(18-2-1-3-18)10(14)11(15)12(7)20-17-9-5-19-6-16-9;2-1-3;/h1,4-6,17H,2-3H2;;/q-1;;. The van der Waals surface area contributed by atoms with Crippen molar-refractivity contribution in [2.75, 3.05) is 22.7 Å². The maximum atomic E-state index is 14.3. The first-order valence-corrected chi connectivity index (χ1v) is 8.64. The van der Waals surface area contributed by atoms with Gasteiger partial charge in [-0.3, -0.25) is 6.42 Å². The Morgan fingerprint density at radius 1 is 1.42 bits per heavy atom. The topological polar surface area (TPSA) is 62.3 Å². The van der Waals surface area contributed by atoms with Crippen LogP contribution in [0, 0.1) is 12.2 Å². The molecule has 2 aromatic rings. The molecule has 11 heteroatoms. The average Bonchev–Trinajstić information content (AvgIpc) is 2.96. The molecule has 1 aromatic heterocycles. The largest absolute Gasteiger partial charge is 0.430 e. The Morgan fingerprint density at radius 2 is 2.08 bits per heavy atom. The summed E-state index contributed by atoms with van der Waals surface area (Å²) in [6.07, 6.45) is 2.33. The summed E-state index contributed by atoms with van der Waals surface area (Å²) in [6, 6.07) is 1.70. The number of rotatable bonds is 4. The zero-order valence-electron chi connectivity index (χ0n) is 11.8.